The Labute approximate surface area is 78.8 Å². The summed E-state index contributed by atoms with van der Waals surface area (Å²) in [6.45, 7) is 14.1. The van der Waals surface area contributed by atoms with Crippen molar-refractivity contribution in [3.63, 3.8) is 0 Å². The molecule has 0 aromatic heterocycles. The predicted octanol–water partition coefficient (Wildman–Crippen LogP) is 4.64. The maximum Gasteiger partial charge on any atom is -0.0254 e. The van der Waals surface area contributed by atoms with Gasteiger partial charge in [-0.15, -0.1) is 0 Å². The summed E-state index contributed by atoms with van der Waals surface area (Å²) in [5.41, 5.74) is 1.04. The second-order valence-corrected chi connectivity index (χ2v) is 4.99. The monoisotopic (exact) mass is 170 g/mol. The molecular weight excluding hydrogens is 144 g/mol. The molecule has 0 atom stereocenters. The Morgan fingerprint density at radius 1 is 0.833 bits per heavy atom. The SMILES string of the molecule is CCCC(CC)(CC)C(C)(C)C. The molecule has 0 aromatic carbocycles. The molecule has 0 unspecified atom stereocenters. The first-order valence-corrected chi connectivity index (χ1v) is 5.43. The van der Waals surface area contributed by atoms with Crippen LogP contribution in [0.1, 0.15) is 67.2 Å². The van der Waals surface area contributed by atoms with Gasteiger partial charge in [0.2, 0.25) is 0 Å². The van der Waals surface area contributed by atoms with E-state index in [1.54, 1.807) is 0 Å². The summed E-state index contributed by atoms with van der Waals surface area (Å²) in [7, 11) is 0. The second kappa shape index (κ2) is 4.30. The average molecular weight is 170 g/mol. The topological polar surface area (TPSA) is 0 Å². The molecule has 0 fully saturated rings. The summed E-state index contributed by atoms with van der Waals surface area (Å²) in [6.07, 6.45) is 5.34. The fraction of sp³-hybridized carbons (Fsp3) is 1.00. The van der Waals surface area contributed by atoms with Crippen molar-refractivity contribution in [2.75, 3.05) is 0 Å². The van der Waals surface area contributed by atoms with Crippen molar-refractivity contribution >= 4 is 0 Å². The van der Waals surface area contributed by atoms with Gasteiger partial charge in [-0.1, -0.05) is 48.0 Å². The van der Waals surface area contributed by atoms with E-state index in [1.165, 1.54) is 25.7 Å². The van der Waals surface area contributed by atoms with Gasteiger partial charge in [-0.3, -0.25) is 0 Å². The maximum absolute atomic E-state index is 2.38. The molecule has 0 spiro atoms. The molecule has 0 nitrogen and oxygen atoms in total. The molecule has 0 heteroatoms. The van der Waals surface area contributed by atoms with E-state index in [0.717, 1.165) is 0 Å². The summed E-state index contributed by atoms with van der Waals surface area (Å²) in [5.74, 6) is 0. The Bertz CT molecular complexity index is 112. The van der Waals surface area contributed by atoms with Crippen LogP contribution in [0.25, 0.3) is 0 Å². The third-order valence-electron chi connectivity index (χ3n) is 3.67. The first-order chi connectivity index (χ1) is 5.43. The highest BCUT2D eigenvalue weighted by Gasteiger charge is 2.37. The summed E-state index contributed by atoms with van der Waals surface area (Å²) < 4.78 is 0. The first-order valence-electron chi connectivity index (χ1n) is 5.43. The van der Waals surface area contributed by atoms with E-state index < -0.39 is 0 Å². The average Bonchev–Trinajstić information content (AvgIpc) is 1.98. The molecule has 0 aromatic rings. The molecular formula is C12H26. The Kier molecular flexibility index (Phi) is 4.30. The molecule has 12 heavy (non-hydrogen) atoms. The number of rotatable bonds is 4. The van der Waals surface area contributed by atoms with Crippen molar-refractivity contribution < 1.29 is 0 Å². The van der Waals surface area contributed by atoms with Crippen molar-refractivity contribution in [2.45, 2.75) is 67.2 Å². The van der Waals surface area contributed by atoms with Crippen LogP contribution in [0.3, 0.4) is 0 Å². The zero-order valence-electron chi connectivity index (χ0n) is 9.83. The van der Waals surface area contributed by atoms with E-state index in [0.29, 0.717) is 10.8 Å². The third kappa shape index (κ3) is 2.24. The maximum atomic E-state index is 2.38. The van der Waals surface area contributed by atoms with E-state index in [1.807, 2.05) is 0 Å². The standard InChI is InChI=1S/C12H26/c1-7-10-12(8-2,9-3)11(4,5)6/h7-10H2,1-6H3. The lowest BCUT2D eigenvalue weighted by molar-refractivity contribution is 0.0626. The van der Waals surface area contributed by atoms with Crippen molar-refractivity contribution in [3.8, 4) is 0 Å². The fourth-order valence-electron chi connectivity index (χ4n) is 2.52. The van der Waals surface area contributed by atoms with Crippen LogP contribution in [-0.4, -0.2) is 0 Å². The normalized spacial score (nSPS) is 13.5. The van der Waals surface area contributed by atoms with E-state index >= 15 is 0 Å². The van der Waals surface area contributed by atoms with Gasteiger partial charge in [0, 0.05) is 0 Å². The van der Waals surface area contributed by atoms with Gasteiger partial charge in [0.05, 0.1) is 0 Å². The van der Waals surface area contributed by atoms with Gasteiger partial charge in [-0.25, -0.2) is 0 Å². The molecule has 0 aliphatic heterocycles. The Morgan fingerprint density at radius 2 is 1.25 bits per heavy atom. The highest BCUT2D eigenvalue weighted by Crippen LogP contribution is 2.47. The lowest BCUT2D eigenvalue weighted by Gasteiger charge is -2.44. The minimum absolute atomic E-state index is 0.465. The summed E-state index contributed by atoms with van der Waals surface area (Å²) in [4.78, 5) is 0. The highest BCUT2D eigenvalue weighted by molar-refractivity contribution is 4.87. The second-order valence-electron chi connectivity index (χ2n) is 4.99. The largest absolute Gasteiger partial charge is 0.0654 e. The van der Waals surface area contributed by atoms with Crippen LogP contribution in [-0.2, 0) is 0 Å². The Morgan fingerprint density at radius 3 is 1.33 bits per heavy atom. The van der Waals surface area contributed by atoms with Crippen LogP contribution in [0.5, 0.6) is 0 Å². The van der Waals surface area contributed by atoms with Crippen molar-refractivity contribution in [1.29, 1.82) is 0 Å². The molecule has 0 aliphatic carbocycles. The van der Waals surface area contributed by atoms with Gasteiger partial charge in [-0.2, -0.15) is 0 Å². The van der Waals surface area contributed by atoms with Gasteiger partial charge in [-0.05, 0) is 30.1 Å². The van der Waals surface area contributed by atoms with E-state index in [4.69, 9.17) is 0 Å². The van der Waals surface area contributed by atoms with Gasteiger partial charge in [0.1, 0.15) is 0 Å². The fourth-order valence-corrected chi connectivity index (χ4v) is 2.52. The van der Waals surface area contributed by atoms with Crippen LogP contribution < -0.4 is 0 Å². The Balaban J connectivity index is 4.57. The van der Waals surface area contributed by atoms with Crippen molar-refractivity contribution in [1.82, 2.24) is 0 Å². The quantitative estimate of drug-likeness (QED) is 0.576. The predicted molar refractivity (Wildman–Crippen MR) is 57.4 cm³/mol. The molecule has 0 saturated carbocycles. The molecule has 0 heterocycles. The lowest BCUT2D eigenvalue weighted by Crippen LogP contribution is -2.34. The third-order valence-corrected chi connectivity index (χ3v) is 3.67. The van der Waals surface area contributed by atoms with E-state index in [9.17, 15) is 0 Å². The zero-order valence-corrected chi connectivity index (χ0v) is 9.83. The molecule has 0 aliphatic rings. The van der Waals surface area contributed by atoms with Gasteiger partial charge >= 0.3 is 0 Å². The summed E-state index contributed by atoms with van der Waals surface area (Å²) in [6, 6.07) is 0. The van der Waals surface area contributed by atoms with E-state index in [2.05, 4.69) is 41.5 Å². The van der Waals surface area contributed by atoms with Crippen LogP contribution in [0.4, 0.5) is 0 Å². The van der Waals surface area contributed by atoms with Crippen LogP contribution in [0.15, 0.2) is 0 Å². The summed E-state index contributed by atoms with van der Waals surface area (Å²) in [5, 5.41) is 0. The molecule has 0 saturated heterocycles. The van der Waals surface area contributed by atoms with E-state index in [-0.39, 0.29) is 0 Å². The molecule has 0 amide bonds. The van der Waals surface area contributed by atoms with Gasteiger partial charge in [0.15, 0.2) is 0 Å². The van der Waals surface area contributed by atoms with Crippen molar-refractivity contribution in [2.24, 2.45) is 10.8 Å². The summed E-state index contributed by atoms with van der Waals surface area (Å²) >= 11 is 0. The lowest BCUT2D eigenvalue weighted by atomic mass is 9.61. The van der Waals surface area contributed by atoms with Gasteiger partial charge < -0.3 is 0 Å². The smallest absolute Gasteiger partial charge is 0.0254 e. The van der Waals surface area contributed by atoms with Gasteiger partial charge in [0.25, 0.3) is 0 Å². The van der Waals surface area contributed by atoms with Crippen LogP contribution in [0, 0.1) is 10.8 Å². The molecule has 74 valence electrons. The molecule has 0 N–H and O–H groups in total. The Hall–Kier alpha value is 0. The van der Waals surface area contributed by atoms with Crippen molar-refractivity contribution in [3.05, 3.63) is 0 Å². The number of hydrogen-bond acceptors (Lipinski definition) is 0. The molecule has 0 bridgehead atoms. The minimum atomic E-state index is 0.465. The van der Waals surface area contributed by atoms with Crippen LogP contribution >= 0.6 is 0 Å². The minimum Gasteiger partial charge on any atom is -0.0654 e. The zero-order chi connectivity index (χ0) is 9.83. The molecule has 0 radical (unpaired) electrons. The number of hydrogen-bond donors (Lipinski definition) is 0. The highest BCUT2D eigenvalue weighted by atomic mass is 14.4. The van der Waals surface area contributed by atoms with Crippen LogP contribution in [0.2, 0.25) is 0 Å². The first kappa shape index (κ1) is 12.0. The molecule has 0 rings (SSSR count).